The maximum Gasteiger partial charge on any atom is 0.259 e. The third kappa shape index (κ3) is 3.57. The second kappa shape index (κ2) is 7.01. The lowest BCUT2D eigenvalue weighted by molar-refractivity contribution is 0.102. The van der Waals surface area contributed by atoms with Gasteiger partial charge in [-0.3, -0.25) is 9.48 Å². The van der Waals surface area contributed by atoms with Crippen molar-refractivity contribution in [2.45, 2.75) is 20.4 Å². The molecule has 0 saturated heterocycles. The molecule has 0 radical (unpaired) electrons. The van der Waals surface area contributed by atoms with Gasteiger partial charge in [-0.05, 0) is 43.7 Å². The highest BCUT2D eigenvalue weighted by Gasteiger charge is 2.18. The zero-order valence-corrected chi connectivity index (χ0v) is 15.2. The van der Waals surface area contributed by atoms with Gasteiger partial charge in [-0.1, -0.05) is 46.3 Å². The largest absolute Gasteiger partial charge is 0.322 e. The van der Waals surface area contributed by atoms with Crippen LogP contribution in [0.25, 0.3) is 0 Å². The van der Waals surface area contributed by atoms with Crippen LogP contribution in [0.2, 0.25) is 0 Å². The molecule has 0 aliphatic carbocycles. The second-order valence-corrected chi connectivity index (χ2v) is 6.57. The molecular formula is C19H18BrN3O. The molecule has 24 heavy (non-hydrogen) atoms. The number of aryl methyl sites for hydroxylation is 1. The number of nitrogens with zero attached hydrogens (tertiary/aromatic N) is 2. The fourth-order valence-electron chi connectivity index (χ4n) is 2.66. The van der Waals surface area contributed by atoms with Gasteiger partial charge in [-0.15, -0.1) is 0 Å². The summed E-state index contributed by atoms with van der Waals surface area (Å²) in [5.74, 6) is -0.133. The molecule has 2 aromatic carbocycles. The molecule has 0 spiro atoms. The third-order valence-corrected chi connectivity index (χ3v) is 4.41. The van der Waals surface area contributed by atoms with E-state index in [1.807, 2.05) is 61.0 Å². The molecule has 3 aromatic rings. The predicted octanol–water partition coefficient (Wildman–Crippen LogP) is 4.56. The third-order valence-electron chi connectivity index (χ3n) is 3.89. The second-order valence-electron chi connectivity index (χ2n) is 5.65. The summed E-state index contributed by atoms with van der Waals surface area (Å²) in [5.41, 5.74) is 4.15. The van der Waals surface area contributed by atoms with E-state index in [-0.39, 0.29) is 5.91 Å². The van der Waals surface area contributed by atoms with Gasteiger partial charge in [0, 0.05) is 15.9 Å². The number of hydrogen-bond acceptors (Lipinski definition) is 2. The van der Waals surface area contributed by atoms with Gasteiger partial charge in [-0.25, -0.2) is 0 Å². The van der Waals surface area contributed by atoms with Gasteiger partial charge in [0.15, 0.2) is 0 Å². The molecule has 0 bridgehead atoms. The molecule has 0 aliphatic heterocycles. The highest BCUT2D eigenvalue weighted by atomic mass is 79.9. The minimum absolute atomic E-state index is 0.133. The summed E-state index contributed by atoms with van der Waals surface area (Å²) in [6.45, 7) is 4.45. The van der Waals surface area contributed by atoms with Crippen LogP contribution in [0.5, 0.6) is 0 Å². The van der Waals surface area contributed by atoms with Crippen molar-refractivity contribution in [3.05, 3.63) is 81.6 Å². The van der Waals surface area contributed by atoms with Crippen molar-refractivity contribution in [3.8, 4) is 0 Å². The quantitative estimate of drug-likeness (QED) is 0.717. The zero-order valence-electron chi connectivity index (χ0n) is 13.6. The monoisotopic (exact) mass is 383 g/mol. The lowest BCUT2D eigenvalue weighted by Gasteiger charge is -2.07. The minimum Gasteiger partial charge on any atom is -0.322 e. The molecule has 1 N–H and O–H groups in total. The Hall–Kier alpha value is -2.40. The Bertz CT molecular complexity index is 854. The van der Waals surface area contributed by atoms with E-state index < -0.39 is 0 Å². The van der Waals surface area contributed by atoms with Gasteiger partial charge in [0.05, 0.1) is 17.8 Å². The van der Waals surface area contributed by atoms with E-state index in [2.05, 4.69) is 38.5 Å². The van der Waals surface area contributed by atoms with Gasteiger partial charge in [0.1, 0.15) is 0 Å². The van der Waals surface area contributed by atoms with Crippen LogP contribution in [0, 0.1) is 13.8 Å². The first kappa shape index (κ1) is 16.5. The summed E-state index contributed by atoms with van der Waals surface area (Å²) in [6, 6.07) is 17.6. The van der Waals surface area contributed by atoms with Crippen molar-refractivity contribution < 1.29 is 4.79 Å². The molecule has 0 atom stereocenters. The fourth-order valence-corrected chi connectivity index (χ4v) is 2.93. The van der Waals surface area contributed by atoms with E-state index in [4.69, 9.17) is 0 Å². The van der Waals surface area contributed by atoms with Crippen molar-refractivity contribution in [1.82, 2.24) is 9.78 Å². The van der Waals surface area contributed by atoms with E-state index in [0.717, 1.165) is 27.1 Å². The van der Waals surface area contributed by atoms with E-state index in [9.17, 15) is 4.79 Å². The topological polar surface area (TPSA) is 46.9 Å². The van der Waals surface area contributed by atoms with Crippen molar-refractivity contribution in [2.75, 3.05) is 5.32 Å². The average molecular weight is 384 g/mol. The minimum atomic E-state index is -0.133. The Balaban J connectivity index is 1.83. The maximum atomic E-state index is 12.6. The smallest absolute Gasteiger partial charge is 0.259 e. The lowest BCUT2D eigenvalue weighted by atomic mass is 10.1. The molecule has 3 rings (SSSR count). The summed E-state index contributed by atoms with van der Waals surface area (Å²) in [7, 11) is 0. The molecule has 4 nitrogen and oxygen atoms in total. The maximum absolute atomic E-state index is 12.6. The van der Waals surface area contributed by atoms with Crippen LogP contribution in [0.3, 0.4) is 0 Å². The van der Waals surface area contributed by atoms with Gasteiger partial charge < -0.3 is 5.32 Å². The van der Waals surface area contributed by atoms with Crippen LogP contribution in [-0.4, -0.2) is 15.7 Å². The van der Waals surface area contributed by atoms with E-state index >= 15 is 0 Å². The molecule has 0 unspecified atom stereocenters. The van der Waals surface area contributed by atoms with Crippen LogP contribution in [0.4, 0.5) is 5.69 Å². The first-order valence-electron chi connectivity index (χ1n) is 7.69. The number of halogens is 1. The molecule has 1 amide bonds. The molecule has 122 valence electrons. The molecule has 0 saturated carbocycles. The first-order valence-corrected chi connectivity index (χ1v) is 8.49. The molecule has 1 heterocycles. The Morgan fingerprint density at radius 3 is 2.42 bits per heavy atom. The van der Waals surface area contributed by atoms with Gasteiger partial charge in [0.25, 0.3) is 5.91 Å². The SMILES string of the molecule is Cc1nn(Cc2ccccc2)c(C)c1C(=O)Nc1ccc(Br)cc1. The number of nitrogens with one attached hydrogen (secondary N) is 1. The average Bonchev–Trinajstić information content (AvgIpc) is 2.84. The number of amides is 1. The van der Waals surface area contributed by atoms with Crippen LogP contribution in [0.15, 0.2) is 59.1 Å². The summed E-state index contributed by atoms with van der Waals surface area (Å²) in [5, 5.41) is 7.46. The summed E-state index contributed by atoms with van der Waals surface area (Å²) < 4.78 is 2.85. The van der Waals surface area contributed by atoms with Crippen molar-refractivity contribution in [3.63, 3.8) is 0 Å². The molecule has 5 heteroatoms. The van der Waals surface area contributed by atoms with Crippen LogP contribution < -0.4 is 5.32 Å². The van der Waals surface area contributed by atoms with E-state index in [1.54, 1.807) is 0 Å². The normalized spacial score (nSPS) is 10.6. The van der Waals surface area contributed by atoms with E-state index in [0.29, 0.717) is 12.1 Å². The Morgan fingerprint density at radius 2 is 1.75 bits per heavy atom. The Morgan fingerprint density at radius 1 is 1.08 bits per heavy atom. The van der Waals surface area contributed by atoms with Crippen molar-refractivity contribution in [2.24, 2.45) is 0 Å². The Labute approximate surface area is 149 Å². The van der Waals surface area contributed by atoms with Crippen LogP contribution >= 0.6 is 15.9 Å². The number of carbonyl (C=O) groups is 1. The predicted molar refractivity (Wildman–Crippen MR) is 99.3 cm³/mol. The fraction of sp³-hybridized carbons (Fsp3) is 0.158. The first-order chi connectivity index (χ1) is 11.5. The highest BCUT2D eigenvalue weighted by Crippen LogP contribution is 2.19. The van der Waals surface area contributed by atoms with Gasteiger partial charge in [-0.2, -0.15) is 5.10 Å². The van der Waals surface area contributed by atoms with Crippen LogP contribution in [-0.2, 0) is 6.54 Å². The van der Waals surface area contributed by atoms with Crippen molar-refractivity contribution >= 4 is 27.5 Å². The summed E-state index contributed by atoms with van der Waals surface area (Å²) in [6.07, 6.45) is 0. The number of rotatable bonds is 4. The number of hydrogen-bond donors (Lipinski definition) is 1. The number of carbonyl (C=O) groups excluding carboxylic acids is 1. The van der Waals surface area contributed by atoms with Gasteiger partial charge >= 0.3 is 0 Å². The summed E-state index contributed by atoms with van der Waals surface area (Å²) in [4.78, 5) is 12.6. The Kier molecular flexibility index (Phi) is 4.81. The molecule has 0 aliphatic rings. The number of benzene rings is 2. The number of aromatic nitrogens is 2. The standard InChI is InChI=1S/C19H18BrN3O/c1-13-18(19(24)21-17-10-8-16(20)9-11-17)14(2)23(22-13)12-15-6-4-3-5-7-15/h3-11H,12H2,1-2H3,(H,21,24). The molecule has 0 fully saturated rings. The van der Waals surface area contributed by atoms with Crippen LogP contribution in [0.1, 0.15) is 27.3 Å². The molecular weight excluding hydrogens is 366 g/mol. The van der Waals surface area contributed by atoms with Gasteiger partial charge in [0.2, 0.25) is 0 Å². The van der Waals surface area contributed by atoms with Crippen molar-refractivity contribution in [1.29, 1.82) is 0 Å². The number of anilines is 1. The molecule has 1 aromatic heterocycles. The van der Waals surface area contributed by atoms with E-state index in [1.165, 1.54) is 0 Å². The highest BCUT2D eigenvalue weighted by molar-refractivity contribution is 9.10. The lowest BCUT2D eigenvalue weighted by Crippen LogP contribution is -2.14. The summed E-state index contributed by atoms with van der Waals surface area (Å²) >= 11 is 3.39. The zero-order chi connectivity index (χ0) is 17.1.